The highest BCUT2D eigenvalue weighted by Gasteiger charge is 2.49. The first-order valence-electron chi connectivity index (χ1n) is 23.1. The van der Waals surface area contributed by atoms with Crippen LogP contribution < -0.4 is 0 Å². The summed E-state index contributed by atoms with van der Waals surface area (Å²) in [4.78, 5) is 0. The SMILES string of the molecule is CC1(c2ccccc2)c2cc3c4ccccc4n(-c4ccc(-c5ccccc5)cc4)c3cc2C(C)(c2ccccc2)c2cc3c4ccccc4n(-c4cccc(-c5ccccc5)c4)c3cc21. The molecule has 12 aromatic rings. The van der Waals surface area contributed by atoms with E-state index in [2.05, 4.69) is 266 Å². The van der Waals surface area contributed by atoms with Gasteiger partial charge < -0.3 is 9.13 Å². The summed E-state index contributed by atoms with van der Waals surface area (Å²) in [5, 5.41) is 5.01. The van der Waals surface area contributed by atoms with Gasteiger partial charge in [0.05, 0.1) is 22.1 Å². The van der Waals surface area contributed by atoms with Gasteiger partial charge >= 0.3 is 0 Å². The van der Waals surface area contributed by atoms with Gasteiger partial charge in [0.15, 0.2) is 0 Å². The summed E-state index contributed by atoms with van der Waals surface area (Å²) in [5.74, 6) is 0. The van der Waals surface area contributed by atoms with Crippen LogP contribution >= 0.6 is 0 Å². The van der Waals surface area contributed by atoms with E-state index in [0.29, 0.717) is 0 Å². The lowest BCUT2D eigenvalue weighted by atomic mass is 9.54. The Labute approximate surface area is 385 Å². The molecule has 2 heteroatoms. The molecule has 0 saturated heterocycles. The summed E-state index contributed by atoms with van der Waals surface area (Å²) in [6.45, 7) is 4.96. The lowest BCUT2D eigenvalue weighted by molar-refractivity contribution is 0.570. The van der Waals surface area contributed by atoms with Gasteiger partial charge in [0.25, 0.3) is 0 Å². The molecule has 0 radical (unpaired) electrons. The molecule has 0 spiro atoms. The zero-order valence-electron chi connectivity index (χ0n) is 37.0. The van der Waals surface area contributed by atoms with Crippen LogP contribution in [-0.4, -0.2) is 9.13 Å². The third-order valence-electron chi connectivity index (χ3n) is 14.9. The quantitative estimate of drug-likeness (QED) is 0.158. The van der Waals surface area contributed by atoms with Crippen molar-refractivity contribution in [2.24, 2.45) is 0 Å². The van der Waals surface area contributed by atoms with Crippen molar-refractivity contribution in [3.63, 3.8) is 0 Å². The van der Waals surface area contributed by atoms with Crippen LogP contribution in [0.25, 0.3) is 77.2 Å². The maximum absolute atomic E-state index is 2.56. The average Bonchev–Trinajstić information content (AvgIpc) is 3.90. The van der Waals surface area contributed by atoms with E-state index >= 15 is 0 Å². The molecule has 13 rings (SSSR count). The van der Waals surface area contributed by atoms with Crippen molar-refractivity contribution in [2.45, 2.75) is 24.7 Å². The van der Waals surface area contributed by atoms with Crippen molar-refractivity contribution in [2.75, 3.05) is 0 Å². The monoisotopic (exact) mass is 842 g/mol. The predicted molar refractivity (Wildman–Crippen MR) is 276 cm³/mol. The molecule has 0 N–H and O–H groups in total. The molecule has 1 aliphatic rings. The van der Waals surface area contributed by atoms with Crippen molar-refractivity contribution in [1.29, 1.82) is 0 Å². The van der Waals surface area contributed by atoms with Crippen molar-refractivity contribution in [3.8, 4) is 33.6 Å². The normalized spacial score (nSPS) is 16.8. The molecule has 0 fully saturated rings. The Bertz CT molecular complexity index is 3810. The topological polar surface area (TPSA) is 9.86 Å². The molecule has 2 atom stereocenters. The predicted octanol–water partition coefficient (Wildman–Crippen LogP) is 16.2. The first kappa shape index (κ1) is 38.3. The Balaban J connectivity index is 1.14. The van der Waals surface area contributed by atoms with Gasteiger partial charge in [-0.2, -0.15) is 0 Å². The van der Waals surface area contributed by atoms with Crippen LogP contribution in [0, 0.1) is 0 Å². The second kappa shape index (κ2) is 14.7. The molecular weight excluding hydrogens is 797 g/mol. The highest BCUT2D eigenvalue weighted by atomic mass is 15.0. The molecule has 0 amide bonds. The van der Waals surface area contributed by atoms with E-state index in [1.54, 1.807) is 0 Å². The molecule has 1 aliphatic carbocycles. The molecule has 0 aliphatic heterocycles. The lowest BCUT2D eigenvalue weighted by Crippen LogP contribution is -2.41. The Kier molecular flexibility index (Phi) is 8.51. The lowest BCUT2D eigenvalue weighted by Gasteiger charge is -2.48. The fourth-order valence-corrected chi connectivity index (χ4v) is 11.6. The second-order valence-electron chi connectivity index (χ2n) is 18.3. The van der Waals surface area contributed by atoms with Crippen molar-refractivity contribution < 1.29 is 0 Å². The Morgan fingerprint density at radius 2 is 0.636 bits per heavy atom. The number of aromatic nitrogens is 2. The van der Waals surface area contributed by atoms with Gasteiger partial charge in [0.2, 0.25) is 0 Å². The van der Waals surface area contributed by atoms with Gasteiger partial charge in [-0.25, -0.2) is 0 Å². The summed E-state index contributed by atoms with van der Waals surface area (Å²) >= 11 is 0. The number of hydrogen-bond acceptors (Lipinski definition) is 0. The third kappa shape index (κ3) is 5.55. The molecule has 0 saturated carbocycles. The molecule has 66 heavy (non-hydrogen) atoms. The van der Waals surface area contributed by atoms with Gasteiger partial charge in [0.1, 0.15) is 0 Å². The first-order valence-corrected chi connectivity index (χ1v) is 23.1. The van der Waals surface area contributed by atoms with Crippen molar-refractivity contribution in [1.82, 2.24) is 9.13 Å². The fourth-order valence-electron chi connectivity index (χ4n) is 11.6. The van der Waals surface area contributed by atoms with Crippen LogP contribution in [0.3, 0.4) is 0 Å². The zero-order chi connectivity index (χ0) is 44.0. The van der Waals surface area contributed by atoms with E-state index in [4.69, 9.17) is 0 Å². The summed E-state index contributed by atoms with van der Waals surface area (Å²) in [6, 6.07) is 90.1. The van der Waals surface area contributed by atoms with Crippen LogP contribution in [0.4, 0.5) is 0 Å². The maximum Gasteiger partial charge on any atom is 0.0544 e. The van der Waals surface area contributed by atoms with E-state index in [-0.39, 0.29) is 0 Å². The van der Waals surface area contributed by atoms with Gasteiger partial charge in [-0.1, -0.05) is 182 Å². The molecule has 2 heterocycles. The standard InChI is InChI=1S/C64H46N2/c1-63(47-25-11-5-12-26-47)56-40-54-52-31-16-18-33-60(52)66(50-29-19-24-46(38-50)44-22-9-4-10-23-44)62(54)42-58(56)64(2,48-27-13-6-14-28-48)55-39-53-51-30-15-17-32-59(51)65(61(53)41-57(55)63)49-36-34-45(35-37-49)43-20-7-3-8-21-43/h3-42H,1-2H3. The van der Waals surface area contributed by atoms with E-state index < -0.39 is 10.8 Å². The van der Waals surface area contributed by atoms with E-state index in [0.717, 1.165) is 11.4 Å². The summed E-state index contributed by atoms with van der Waals surface area (Å²) in [6.07, 6.45) is 0. The molecule has 312 valence electrons. The molecule has 2 nitrogen and oxygen atoms in total. The highest BCUT2D eigenvalue weighted by Crippen LogP contribution is 2.58. The van der Waals surface area contributed by atoms with E-state index in [9.17, 15) is 0 Å². The number of rotatable bonds is 6. The Morgan fingerprint density at radius 3 is 1.14 bits per heavy atom. The number of benzene rings is 10. The Hall–Kier alpha value is -8.20. The van der Waals surface area contributed by atoms with Gasteiger partial charge in [-0.05, 0) is 130 Å². The highest BCUT2D eigenvalue weighted by molar-refractivity contribution is 6.12. The number of para-hydroxylation sites is 2. The van der Waals surface area contributed by atoms with Crippen LogP contribution in [0.1, 0.15) is 47.2 Å². The van der Waals surface area contributed by atoms with Crippen LogP contribution in [-0.2, 0) is 10.8 Å². The van der Waals surface area contributed by atoms with E-state index in [1.165, 1.54) is 99.2 Å². The fraction of sp³-hybridized carbons (Fsp3) is 0.0625. The first-order chi connectivity index (χ1) is 32.5. The minimum atomic E-state index is -0.518. The van der Waals surface area contributed by atoms with E-state index in [1.807, 2.05) is 0 Å². The third-order valence-corrected chi connectivity index (χ3v) is 14.9. The largest absolute Gasteiger partial charge is 0.309 e. The minimum Gasteiger partial charge on any atom is -0.309 e. The van der Waals surface area contributed by atoms with Gasteiger partial charge in [-0.15, -0.1) is 0 Å². The van der Waals surface area contributed by atoms with Crippen LogP contribution in [0.15, 0.2) is 243 Å². The smallest absolute Gasteiger partial charge is 0.0544 e. The Morgan fingerprint density at radius 1 is 0.258 bits per heavy atom. The maximum atomic E-state index is 2.56. The molecule has 2 unspecified atom stereocenters. The zero-order valence-corrected chi connectivity index (χ0v) is 37.0. The molecule has 2 aromatic heterocycles. The van der Waals surface area contributed by atoms with Crippen molar-refractivity contribution >= 4 is 43.6 Å². The average molecular weight is 843 g/mol. The summed E-state index contributed by atoms with van der Waals surface area (Å²) in [5.41, 5.74) is 18.8. The number of nitrogens with zero attached hydrogens (tertiary/aromatic N) is 2. The molecule has 10 aromatic carbocycles. The van der Waals surface area contributed by atoms with Gasteiger partial charge in [0, 0.05) is 43.7 Å². The van der Waals surface area contributed by atoms with Crippen LogP contribution in [0.2, 0.25) is 0 Å². The second-order valence-corrected chi connectivity index (χ2v) is 18.3. The summed E-state index contributed by atoms with van der Waals surface area (Å²) < 4.78 is 4.99. The van der Waals surface area contributed by atoms with Gasteiger partial charge in [-0.3, -0.25) is 0 Å². The molecule has 0 bridgehead atoms. The number of fused-ring (bicyclic) bond motifs is 8. The number of hydrogen-bond donors (Lipinski definition) is 0. The molecular formula is C64H46N2. The van der Waals surface area contributed by atoms with Crippen LogP contribution in [0.5, 0.6) is 0 Å². The minimum absolute atomic E-state index is 0.516. The van der Waals surface area contributed by atoms with Crippen molar-refractivity contribution in [3.05, 3.63) is 276 Å². The summed E-state index contributed by atoms with van der Waals surface area (Å²) in [7, 11) is 0.